The van der Waals surface area contributed by atoms with Gasteiger partial charge in [-0.1, -0.05) is 37.3 Å². The molecule has 0 aliphatic carbocycles. The molecule has 0 bridgehead atoms. The van der Waals surface area contributed by atoms with Crippen LogP contribution >= 0.6 is 0 Å². The van der Waals surface area contributed by atoms with Gasteiger partial charge in [0.15, 0.2) is 5.65 Å². The van der Waals surface area contributed by atoms with Crippen molar-refractivity contribution < 1.29 is 9.59 Å². The fourth-order valence-electron chi connectivity index (χ4n) is 4.38. The summed E-state index contributed by atoms with van der Waals surface area (Å²) in [5.74, 6) is -0.179. The number of anilines is 1. The van der Waals surface area contributed by atoms with Crippen LogP contribution in [0, 0.1) is 0 Å². The summed E-state index contributed by atoms with van der Waals surface area (Å²) in [6.07, 6.45) is 5.66. The molecule has 0 unspecified atom stereocenters. The molecule has 9 nitrogen and oxygen atoms in total. The molecule has 3 heterocycles. The second-order valence-corrected chi connectivity index (χ2v) is 8.33. The number of carbonyl (C=O) groups excluding carboxylic acids is 2. The first-order chi connectivity index (χ1) is 16.0. The lowest BCUT2D eigenvalue weighted by Crippen LogP contribution is -2.45. The smallest absolute Gasteiger partial charge is 0.314 e. The van der Waals surface area contributed by atoms with Crippen molar-refractivity contribution in [3.8, 4) is 0 Å². The maximum Gasteiger partial charge on any atom is 0.314 e. The second-order valence-electron chi connectivity index (χ2n) is 8.33. The summed E-state index contributed by atoms with van der Waals surface area (Å²) in [7, 11) is 0. The van der Waals surface area contributed by atoms with Gasteiger partial charge in [-0.2, -0.15) is 5.10 Å². The highest BCUT2D eigenvalue weighted by Crippen LogP contribution is 2.29. The minimum Gasteiger partial charge on any atom is -0.381 e. The molecule has 1 aliphatic heterocycles. The van der Waals surface area contributed by atoms with Crippen molar-refractivity contribution in [1.82, 2.24) is 25.0 Å². The molecule has 9 heteroatoms. The van der Waals surface area contributed by atoms with Crippen LogP contribution in [0.15, 0.2) is 42.7 Å². The van der Waals surface area contributed by atoms with E-state index in [1.165, 1.54) is 0 Å². The zero-order valence-electron chi connectivity index (χ0n) is 19.1. The van der Waals surface area contributed by atoms with Gasteiger partial charge in [0, 0.05) is 31.9 Å². The number of carbonyl (C=O) groups is 2. The van der Waals surface area contributed by atoms with Crippen molar-refractivity contribution in [3.05, 3.63) is 53.9 Å². The Balaban J connectivity index is 1.63. The van der Waals surface area contributed by atoms with E-state index >= 15 is 0 Å². The zero-order valence-corrected chi connectivity index (χ0v) is 19.1. The van der Waals surface area contributed by atoms with Crippen molar-refractivity contribution in [2.24, 2.45) is 5.73 Å². The van der Waals surface area contributed by atoms with E-state index in [2.05, 4.69) is 27.6 Å². The van der Waals surface area contributed by atoms with Crippen LogP contribution in [0.1, 0.15) is 55.1 Å². The van der Waals surface area contributed by atoms with Crippen molar-refractivity contribution in [2.75, 3.05) is 18.4 Å². The van der Waals surface area contributed by atoms with Crippen molar-refractivity contribution in [1.29, 1.82) is 0 Å². The Labute approximate surface area is 193 Å². The van der Waals surface area contributed by atoms with Crippen LogP contribution in [0.2, 0.25) is 0 Å². The molecule has 1 atom stereocenters. The van der Waals surface area contributed by atoms with E-state index in [-0.39, 0.29) is 18.0 Å². The molecule has 174 valence electrons. The van der Waals surface area contributed by atoms with Gasteiger partial charge in [0.1, 0.15) is 0 Å². The highest BCUT2D eigenvalue weighted by atomic mass is 16.2. The molecule has 33 heavy (non-hydrogen) atoms. The molecule has 4 rings (SSSR count). The molecule has 1 fully saturated rings. The fraction of sp³-hybridized carbons (Fsp3) is 0.417. The number of urea groups is 1. The average molecular weight is 450 g/mol. The summed E-state index contributed by atoms with van der Waals surface area (Å²) in [4.78, 5) is 31.1. The third-order valence-electron chi connectivity index (χ3n) is 6.28. The number of hydrogen-bond donors (Lipinski definition) is 3. The normalized spacial score (nSPS) is 15.4. The minimum absolute atomic E-state index is 0.0978. The van der Waals surface area contributed by atoms with Crippen LogP contribution in [0.4, 0.5) is 10.5 Å². The molecule has 0 radical (unpaired) electrons. The van der Waals surface area contributed by atoms with Crippen molar-refractivity contribution >= 4 is 28.7 Å². The van der Waals surface area contributed by atoms with Crippen LogP contribution < -0.4 is 16.4 Å². The lowest BCUT2D eigenvalue weighted by atomic mass is 10.0. The number of amides is 3. The van der Waals surface area contributed by atoms with Crippen LogP contribution in [0.25, 0.3) is 11.0 Å². The van der Waals surface area contributed by atoms with Crippen LogP contribution in [-0.2, 0) is 6.54 Å². The number of pyridine rings is 1. The molecule has 4 N–H and O–H groups in total. The van der Waals surface area contributed by atoms with Gasteiger partial charge in [0.05, 0.1) is 28.9 Å². The quantitative estimate of drug-likeness (QED) is 0.512. The Bertz CT molecular complexity index is 1120. The summed E-state index contributed by atoms with van der Waals surface area (Å²) >= 11 is 0. The van der Waals surface area contributed by atoms with E-state index in [1.807, 2.05) is 41.9 Å². The maximum absolute atomic E-state index is 13.4. The highest BCUT2D eigenvalue weighted by molar-refractivity contribution is 6.06. The summed E-state index contributed by atoms with van der Waals surface area (Å²) in [6, 6.07) is 9.57. The van der Waals surface area contributed by atoms with Crippen LogP contribution in [0.3, 0.4) is 0 Å². The number of nitrogens with zero attached hydrogens (tertiary/aromatic N) is 4. The standard InChI is InChI=1S/C24H31N7O2/c1-3-20(16-8-6-5-7-9-16)29-23(32)19-14-26-22-18(15-27-31(22)4-2)21(19)28-17-10-12-30(13-11-17)24(25)33/h5-9,14-15,17,20H,3-4,10-13H2,1-2H3,(H2,25,33)(H,26,28)(H,29,32)/t20-/m1/s1. The molecule has 3 aromatic rings. The van der Waals surface area contributed by atoms with Gasteiger partial charge in [-0.25, -0.2) is 14.5 Å². The Morgan fingerprint density at radius 1 is 1.15 bits per heavy atom. The average Bonchev–Trinajstić information content (AvgIpc) is 3.27. The van der Waals surface area contributed by atoms with Gasteiger partial charge in [0.2, 0.25) is 0 Å². The topological polar surface area (TPSA) is 118 Å². The van der Waals surface area contributed by atoms with E-state index in [0.29, 0.717) is 25.2 Å². The highest BCUT2D eigenvalue weighted by Gasteiger charge is 2.25. The van der Waals surface area contributed by atoms with Gasteiger partial charge >= 0.3 is 6.03 Å². The largest absolute Gasteiger partial charge is 0.381 e. The van der Waals surface area contributed by atoms with Gasteiger partial charge < -0.3 is 21.3 Å². The number of piperidine rings is 1. The first kappa shape index (κ1) is 22.6. The minimum atomic E-state index is -0.393. The van der Waals surface area contributed by atoms with E-state index < -0.39 is 6.03 Å². The summed E-state index contributed by atoms with van der Waals surface area (Å²) in [5, 5.41) is 12.0. The molecule has 1 aliphatic rings. The van der Waals surface area contributed by atoms with Gasteiger partial charge in [-0.05, 0) is 31.7 Å². The lowest BCUT2D eigenvalue weighted by Gasteiger charge is -2.32. The Hall–Kier alpha value is -3.62. The summed E-state index contributed by atoms with van der Waals surface area (Å²) in [6.45, 7) is 5.92. The number of rotatable bonds is 7. The molecule has 2 aromatic heterocycles. The number of nitrogens with two attached hydrogens (primary N) is 1. The first-order valence-corrected chi connectivity index (χ1v) is 11.5. The SMILES string of the molecule is CC[C@@H](NC(=O)c1cnc2c(cnn2CC)c1NC1CCN(C(N)=O)CC1)c1ccccc1. The Morgan fingerprint density at radius 2 is 1.88 bits per heavy atom. The maximum atomic E-state index is 13.4. The molecule has 0 saturated carbocycles. The van der Waals surface area contributed by atoms with Crippen LogP contribution in [0.5, 0.6) is 0 Å². The van der Waals surface area contributed by atoms with E-state index in [0.717, 1.165) is 41.5 Å². The van der Waals surface area contributed by atoms with Crippen molar-refractivity contribution in [3.63, 3.8) is 0 Å². The molecular formula is C24H31N7O2. The predicted molar refractivity (Wildman–Crippen MR) is 128 cm³/mol. The monoisotopic (exact) mass is 449 g/mol. The number of aryl methyl sites for hydroxylation is 1. The first-order valence-electron chi connectivity index (χ1n) is 11.5. The zero-order chi connectivity index (χ0) is 23.4. The van der Waals surface area contributed by atoms with Gasteiger partial charge in [-0.3, -0.25) is 4.79 Å². The number of benzene rings is 1. The van der Waals surface area contributed by atoms with E-state index in [4.69, 9.17) is 5.73 Å². The second kappa shape index (κ2) is 9.89. The Kier molecular flexibility index (Phi) is 6.76. The molecule has 0 spiro atoms. The van der Waals surface area contributed by atoms with Crippen LogP contribution in [-0.4, -0.2) is 50.7 Å². The number of likely N-dealkylation sites (tertiary alicyclic amines) is 1. The summed E-state index contributed by atoms with van der Waals surface area (Å²) in [5.41, 5.74) is 8.45. The number of hydrogen-bond acceptors (Lipinski definition) is 5. The number of nitrogens with one attached hydrogen (secondary N) is 2. The van der Waals surface area contributed by atoms with Crippen molar-refractivity contribution in [2.45, 2.75) is 51.7 Å². The molecule has 1 saturated heterocycles. The number of fused-ring (bicyclic) bond motifs is 1. The number of primary amides is 1. The third kappa shape index (κ3) is 4.76. The van der Waals surface area contributed by atoms with E-state index in [9.17, 15) is 9.59 Å². The molecule has 3 amide bonds. The molecule has 1 aromatic carbocycles. The summed E-state index contributed by atoms with van der Waals surface area (Å²) < 4.78 is 1.82. The van der Waals surface area contributed by atoms with E-state index in [1.54, 1.807) is 17.3 Å². The molecular weight excluding hydrogens is 418 g/mol. The fourth-order valence-corrected chi connectivity index (χ4v) is 4.38. The number of aromatic nitrogens is 3. The van der Waals surface area contributed by atoms with Gasteiger partial charge in [-0.15, -0.1) is 0 Å². The predicted octanol–water partition coefficient (Wildman–Crippen LogP) is 3.29. The lowest BCUT2D eigenvalue weighted by molar-refractivity contribution is 0.0936. The third-order valence-corrected chi connectivity index (χ3v) is 6.28. The van der Waals surface area contributed by atoms with Gasteiger partial charge in [0.25, 0.3) is 5.91 Å². The Morgan fingerprint density at radius 3 is 2.52 bits per heavy atom.